The second kappa shape index (κ2) is 8.64. The van der Waals surface area contributed by atoms with Crippen LogP contribution < -0.4 is 5.32 Å². The molecule has 5 nitrogen and oxygen atoms in total. The lowest BCUT2D eigenvalue weighted by atomic mass is 9.99. The van der Waals surface area contributed by atoms with Gasteiger partial charge in [-0.15, -0.1) is 11.3 Å². The number of thiazole rings is 1. The van der Waals surface area contributed by atoms with Crippen molar-refractivity contribution < 1.29 is 0 Å². The van der Waals surface area contributed by atoms with Crippen LogP contribution in [0.3, 0.4) is 0 Å². The van der Waals surface area contributed by atoms with Crippen LogP contribution in [0.4, 0.5) is 0 Å². The highest BCUT2D eigenvalue weighted by atomic mass is 32.1. The molecule has 0 bridgehead atoms. The smallest absolute Gasteiger partial charge is 0.193 e. The maximum Gasteiger partial charge on any atom is 0.193 e. The van der Waals surface area contributed by atoms with Gasteiger partial charge in [-0.3, -0.25) is 9.89 Å². The second-order valence-corrected chi connectivity index (χ2v) is 8.04. The topological polar surface area (TPSA) is 43.8 Å². The molecule has 0 saturated heterocycles. The van der Waals surface area contributed by atoms with Crippen molar-refractivity contribution in [2.45, 2.75) is 39.4 Å². The van der Waals surface area contributed by atoms with E-state index in [0.29, 0.717) is 6.04 Å². The molecule has 1 atom stereocenters. The number of hydrogen-bond donors (Lipinski definition) is 1. The third kappa shape index (κ3) is 4.62. The van der Waals surface area contributed by atoms with Gasteiger partial charge in [-0.1, -0.05) is 24.3 Å². The molecule has 1 aromatic heterocycles. The number of aryl methyl sites for hydroxylation is 1. The van der Waals surface area contributed by atoms with E-state index in [1.54, 1.807) is 11.3 Å². The van der Waals surface area contributed by atoms with Crippen LogP contribution in [0, 0.1) is 6.92 Å². The highest BCUT2D eigenvalue weighted by Crippen LogP contribution is 2.20. The summed E-state index contributed by atoms with van der Waals surface area (Å²) >= 11 is 1.69. The third-order valence-corrected chi connectivity index (χ3v) is 5.80. The fourth-order valence-electron chi connectivity index (χ4n) is 3.45. The van der Waals surface area contributed by atoms with Crippen molar-refractivity contribution >= 4 is 17.3 Å². The minimum absolute atomic E-state index is 0.454. The van der Waals surface area contributed by atoms with Crippen LogP contribution in [-0.4, -0.2) is 54.0 Å². The number of hydrogen-bond acceptors (Lipinski definition) is 4. The number of nitrogens with one attached hydrogen (secondary N) is 1. The van der Waals surface area contributed by atoms with Gasteiger partial charge in [0.05, 0.1) is 17.2 Å². The van der Waals surface area contributed by atoms with Crippen LogP contribution in [0.15, 0.2) is 34.6 Å². The Balaban J connectivity index is 1.52. The summed E-state index contributed by atoms with van der Waals surface area (Å²) < 4.78 is 0. The zero-order valence-corrected chi connectivity index (χ0v) is 17.0. The summed E-state index contributed by atoms with van der Waals surface area (Å²) in [7, 11) is 3.90. The molecule has 1 aliphatic rings. The van der Waals surface area contributed by atoms with E-state index in [1.807, 2.05) is 14.0 Å². The standard InChI is InChI=1S/C20H29N5S/c1-15(25-10-9-17-7-5-6-8-18(17)12-25)11-22-20(21-3)24(4)13-19-14-26-16(2)23-19/h5-8,14-15H,9-13H2,1-4H3,(H,21,22). The molecule has 0 saturated carbocycles. The number of aromatic nitrogens is 1. The Bertz CT molecular complexity index is 754. The summed E-state index contributed by atoms with van der Waals surface area (Å²) in [5.41, 5.74) is 4.06. The molecular weight excluding hydrogens is 342 g/mol. The highest BCUT2D eigenvalue weighted by molar-refractivity contribution is 7.09. The monoisotopic (exact) mass is 371 g/mol. The summed E-state index contributed by atoms with van der Waals surface area (Å²) in [6.45, 7) is 8.14. The summed E-state index contributed by atoms with van der Waals surface area (Å²) in [5, 5.41) is 6.75. The molecule has 0 amide bonds. The molecule has 26 heavy (non-hydrogen) atoms. The molecule has 1 unspecified atom stereocenters. The molecule has 2 heterocycles. The Hall–Kier alpha value is -1.92. The predicted octanol–water partition coefficient (Wildman–Crippen LogP) is 2.91. The largest absolute Gasteiger partial charge is 0.355 e. The minimum atomic E-state index is 0.454. The van der Waals surface area contributed by atoms with Crippen molar-refractivity contribution in [1.29, 1.82) is 0 Å². The van der Waals surface area contributed by atoms with Gasteiger partial charge in [0.15, 0.2) is 5.96 Å². The van der Waals surface area contributed by atoms with Gasteiger partial charge < -0.3 is 10.2 Å². The van der Waals surface area contributed by atoms with Gasteiger partial charge in [-0.2, -0.15) is 0 Å². The Kier molecular flexibility index (Phi) is 6.27. The molecule has 0 aliphatic carbocycles. The first kappa shape index (κ1) is 18.9. The van der Waals surface area contributed by atoms with Crippen molar-refractivity contribution in [1.82, 2.24) is 20.1 Å². The molecule has 3 rings (SSSR count). The lowest BCUT2D eigenvalue weighted by Gasteiger charge is -2.34. The summed E-state index contributed by atoms with van der Waals surface area (Å²) in [6.07, 6.45) is 1.14. The summed E-state index contributed by atoms with van der Waals surface area (Å²) in [6, 6.07) is 9.25. The van der Waals surface area contributed by atoms with Gasteiger partial charge in [0, 0.05) is 45.2 Å². The molecule has 0 spiro atoms. The minimum Gasteiger partial charge on any atom is -0.355 e. The van der Waals surface area contributed by atoms with Crippen LogP contribution >= 0.6 is 11.3 Å². The number of benzene rings is 1. The normalized spacial score (nSPS) is 16.2. The quantitative estimate of drug-likeness (QED) is 0.648. The Morgan fingerprint density at radius 2 is 2.15 bits per heavy atom. The van der Waals surface area contributed by atoms with Crippen molar-refractivity contribution in [2.75, 3.05) is 27.2 Å². The Morgan fingerprint density at radius 1 is 1.38 bits per heavy atom. The molecule has 1 aromatic carbocycles. The number of aliphatic imine (C=N–C) groups is 1. The molecule has 1 N–H and O–H groups in total. The van der Waals surface area contributed by atoms with Gasteiger partial charge in [-0.05, 0) is 31.4 Å². The van der Waals surface area contributed by atoms with E-state index in [1.165, 1.54) is 11.1 Å². The molecule has 2 aromatic rings. The number of rotatable bonds is 5. The average Bonchev–Trinajstić information content (AvgIpc) is 3.06. The van der Waals surface area contributed by atoms with Crippen molar-refractivity contribution in [3.8, 4) is 0 Å². The fraction of sp³-hybridized carbons (Fsp3) is 0.500. The third-order valence-electron chi connectivity index (χ3n) is 4.98. The van der Waals surface area contributed by atoms with E-state index in [2.05, 4.69) is 68.7 Å². The predicted molar refractivity (Wildman–Crippen MR) is 110 cm³/mol. The van der Waals surface area contributed by atoms with E-state index < -0.39 is 0 Å². The van der Waals surface area contributed by atoms with Gasteiger partial charge in [0.1, 0.15) is 0 Å². The molecular formula is C20H29N5S. The maximum absolute atomic E-state index is 4.54. The molecule has 140 valence electrons. The highest BCUT2D eigenvalue weighted by Gasteiger charge is 2.20. The van der Waals surface area contributed by atoms with Crippen LogP contribution in [0.5, 0.6) is 0 Å². The van der Waals surface area contributed by atoms with Crippen LogP contribution in [-0.2, 0) is 19.5 Å². The fourth-order valence-corrected chi connectivity index (χ4v) is 4.05. The van der Waals surface area contributed by atoms with Gasteiger partial charge in [-0.25, -0.2) is 4.98 Å². The SMILES string of the molecule is CN=C(NCC(C)N1CCc2ccccc2C1)N(C)Cc1csc(C)n1. The summed E-state index contributed by atoms with van der Waals surface area (Å²) in [4.78, 5) is 13.7. The first-order chi connectivity index (χ1) is 12.6. The van der Waals surface area contributed by atoms with Gasteiger partial charge in [0.25, 0.3) is 0 Å². The Morgan fingerprint density at radius 3 is 2.85 bits per heavy atom. The van der Waals surface area contributed by atoms with Gasteiger partial charge in [0.2, 0.25) is 0 Å². The van der Waals surface area contributed by atoms with E-state index in [4.69, 9.17) is 0 Å². The van der Waals surface area contributed by atoms with Crippen LogP contribution in [0.2, 0.25) is 0 Å². The van der Waals surface area contributed by atoms with Crippen molar-refractivity contribution in [3.63, 3.8) is 0 Å². The Labute approximate surface area is 160 Å². The molecule has 6 heteroatoms. The van der Waals surface area contributed by atoms with Crippen molar-refractivity contribution in [2.24, 2.45) is 4.99 Å². The lowest BCUT2D eigenvalue weighted by molar-refractivity contribution is 0.190. The number of nitrogens with zero attached hydrogens (tertiary/aromatic N) is 4. The first-order valence-corrected chi connectivity index (χ1v) is 10.1. The van der Waals surface area contributed by atoms with Crippen molar-refractivity contribution in [3.05, 3.63) is 51.5 Å². The summed E-state index contributed by atoms with van der Waals surface area (Å²) in [5.74, 6) is 0.917. The molecule has 1 aliphatic heterocycles. The second-order valence-electron chi connectivity index (χ2n) is 6.98. The van der Waals surface area contributed by atoms with E-state index in [0.717, 1.165) is 49.3 Å². The molecule has 0 fully saturated rings. The zero-order valence-electron chi connectivity index (χ0n) is 16.2. The van der Waals surface area contributed by atoms with Gasteiger partial charge >= 0.3 is 0 Å². The number of guanidine groups is 1. The maximum atomic E-state index is 4.54. The van der Waals surface area contributed by atoms with E-state index in [9.17, 15) is 0 Å². The lowest BCUT2D eigenvalue weighted by Crippen LogP contribution is -2.47. The number of fused-ring (bicyclic) bond motifs is 1. The van der Waals surface area contributed by atoms with E-state index in [-0.39, 0.29) is 0 Å². The van der Waals surface area contributed by atoms with Crippen LogP contribution in [0.25, 0.3) is 0 Å². The molecule has 0 radical (unpaired) electrons. The first-order valence-electron chi connectivity index (χ1n) is 9.20. The van der Waals surface area contributed by atoms with Crippen LogP contribution in [0.1, 0.15) is 28.8 Å². The van der Waals surface area contributed by atoms with E-state index >= 15 is 0 Å². The zero-order chi connectivity index (χ0) is 18.5. The average molecular weight is 372 g/mol.